The number of carbonyl (C=O) groups is 1. The van der Waals surface area contributed by atoms with Crippen LogP contribution in [0.4, 0.5) is 0 Å². The predicted octanol–water partition coefficient (Wildman–Crippen LogP) is 0.755. The van der Waals surface area contributed by atoms with Crippen LogP contribution in [-0.4, -0.2) is 27.2 Å². The van der Waals surface area contributed by atoms with Crippen LogP contribution in [0.1, 0.15) is 21.1 Å². The van der Waals surface area contributed by atoms with Gasteiger partial charge in [-0.1, -0.05) is 11.8 Å². The molecule has 0 bridgehead atoms. The minimum Gasteiger partial charge on any atom is -0.384 e. The topological polar surface area (TPSA) is 67.2 Å². The number of rotatable bonds is 3. The van der Waals surface area contributed by atoms with Gasteiger partial charge in [0.1, 0.15) is 17.3 Å². The molecule has 0 atom stereocenters. The maximum absolute atomic E-state index is 12.0. The standard InChI is InChI=1S/C13H13N3O2S/c1-16-6-5-14-11(16)9-15-13(18)12-10(3-2-7-17)4-8-19-12/h4-6,8,17H,7,9H2,1H3,(H,15,18). The molecule has 6 heteroatoms. The van der Waals surface area contributed by atoms with Crippen molar-refractivity contribution in [2.24, 2.45) is 7.05 Å². The van der Waals surface area contributed by atoms with Crippen molar-refractivity contribution >= 4 is 17.2 Å². The number of aromatic nitrogens is 2. The second-order valence-electron chi connectivity index (χ2n) is 3.76. The summed E-state index contributed by atoms with van der Waals surface area (Å²) in [5.74, 6) is 5.90. The van der Waals surface area contributed by atoms with E-state index < -0.39 is 0 Å². The highest BCUT2D eigenvalue weighted by molar-refractivity contribution is 7.12. The van der Waals surface area contributed by atoms with Gasteiger partial charge in [-0.25, -0.2) is 4.98 Å². The van der Waals surface area contributed by atoms with E-state index in [0.29, 0.717) is 17.0 Å². The Kier molecular flexibility index (Phi) is 4.34. The summed E-state index contributed by atoms with van der Waals surface area (Å²) in [7, 11) is 1.87. The van der Waals surface area contributed by atoms with Gasteiger partial charge in [0, 0.05) is 25.0 Å². The van der Waals surface area contributed by atoms with E-state index in [2.05, 4.69) is 22.1 Å². The minimum absolute atomic E-state index is 0.180. The first kappa shape index (κ1) is 13.3. The van der Waals surface area contributed by atoms with Gasteiger partial charge in [0.05, 0.1) is 6.54 Å². The molecule has 19 heavy (non-hydrogen) atoms. The fraction of sp³-hybridized carbons (Fsp3) is 0.231. The summed E-state index contributed by atoms with van der Waals surface area (Å²) < 4.78 is 1.85. The fourth-order valence-corrected chi connectivity index (χ4v) is 2.29. The Hall–Kier alpha value is -2.10. The van der Waals surface area contributed by atoms with Gasteiger partial charge in [0.15, 0.2) is 0 Å². The first-order valence-corrected chi connectivity index (χ1v) is 6.52. The van der Waals surface area contributed by atoms with E-state index in [1.807, 2.05) is 17.8 Å². The van der Waals surface area contributed by atoms with Crippen molar-refractivity contribution < 1.29 is 9.90 Å². The van der Waals surface area contributed by atoms with Crippen LogP contribution in [-0.2, 0) is 13.6 Å². The highest BCUT2D eigenvalue weighted by Crippen LogP contribution is 2.15. The number of thiophene rings is 1. The summed E-state index contributed by atoms with van der Waals surface area (Å²) in [5, 5.41) is 13.3. The number of aryl methyl sites for hydroxylation is 1. The highest BCUT2D eigenvalue weighted by atomic mass is 32.1. The molecule has 0 unspecified atom stereocenters. The molecule has 0 aromatic carbocycles. The molecule has 2 aromatic heterocycles. The van der Waals surface area contributed by atoms with Crippen LogP contribution in [0.3, 0.4) is 0 Å². The first-order valence-electron chi connectivity index (χ1n) is 5.64. The predicted molar refractivity (Wildman–Crippen MR) is 72.7 cm³/mol. The lowest BCUT2D eigenvalue weighted by Crippen LogP contribution is -2.24. The molecule has 5 nitrogen and oxygen atoms in total. The average Bonchev–Trinajstić information content (AvgIpc) is 3.02. The van der Waals surface area contributed by atoms with Gasteiger partial charge in [-0.3, -0.25) is 4.79 Å². The van der Waals surface area contributed by atoms with Crippen molar-refractivity contribution in [3.63, 3.8) is 0 Å². The van der Waals surface area contributed by atoms with E-state index in [1.165, 1.54) is 11.3 Å². The van der Waals surface area contributed by atoms with Gasteiger partial charge in [0.25, 0.3) is 5.91 Å². The van der Waals surface area contributed by atoms with E-state index in [4.69, 9.17) is 5.11 Å². The molecule has 0 radical (unpaired) electrons. The molecule has 0 fully saturated rings. The summed E-state index contributed by atoms with van der Waals surface area (Å²) >= 11 is 1.33. The number of aliphatic hydroxyl groups excluding tert-OH is 1. The van der Waals surface area contributed by atoms with Crippen LogP contribution >= 0.6 is 11.3 Å². The van der Waals surface area contributed by atoms with Crippen LogP contribution in [0, 0.1) is 11.8 Å². The number of hydrogen-bond donors (Lipinski definition) is 2. The molecule has 0 saturated carbocycles. The van der Waals surface area contributed by atoms with Crippen LogP contribution in [0.5, 0.6) is 0 Å². The Labute approximate surface area is 114 Å². The van der Waals surface area contributed by atoms with Crippen LogP contribution < -0.4 is 5.32 Å². The zero-order valence-electron chi connectivity index (χ0n) is 10.4. The van der Waals surface area contributed by atoms with Crippen molar-refractivity contribution in [1.82, 2.24) is 14.9 Å². The lowest BCUT2D eigenvalue weighted by molar-refractivity contribution is 0.0953. The molecule has 1 amide bonds. The molecule has 0 aliphatic carbocycles. The lowest BCUT2D eigenvalue weighted by atomic mass is 10.2. The van der Waals surface area contributed by atoms with E-state index in [9.17, 15) is 4.79 Å². The fourth-order valence-electron chi connectivity index (χ4n) is 1.52. The van der Waals surface area contributed by atoms with Crippen LogP contribution in [0.15, 0.2) is 23.8 Å². The second-order valence-corrected chi connectivity index (χ2v) is 4.68. The SMILES string of the molecule is Cn1ccnc1CNC(=O)c1sccc1C#CCO. The quantitative estimate of drug-likeness (QED) is 0.813. The number of nitrogens with one attached hydrogen (secondary N) is 1. The van der Waals surface area contributed by atoms with E-state index >= 15 is 0 Å². The van der Waals surface area contributed by atoms with Crippen molar-refractivity contribution in [1.29, 1.82) is 0 Å². The van der Waals surface area contributed by atoms with E-state index in [1.54, 1.807) is 17.6 Å². The first-order chi connectivity index (χ1) is 9.22. The Morgan fingerprint density at radius 2 is 2.47 bits per heavy atom. The molecule has 0 saturated heterocycles. The summed E-state index contributed by atoms with van der Waals surface area (Å²) in [6.07, 6.45) is 3.51. The van der Waals surface area contributed by atoms with Crippen molar-refractivity contribution in [2.45, 2.75) is 6.54 Å². The van der Waals surface area contributed by atoms with Gasteiger partial charge in [-0.2, -0.15) is 0 Å². The molecular weight excluding hydrogens is 262 g/mol. The van der Waals surface area contributed by atoms with Crippen molar-refractivity contribution in [3.05, 3.63) is 40.1 Å². The van der Waals surface area contributed by atoms with Gasteiger partial charge >= 0.3 is 0 Å². The molecule has 0 spiro atoms. The number of nitrogens with zero attached hydrogens (tertiary/aromatic N) is 2. The molecule has 2 aromatic rings. The molecule has 0 aliphatic heterocycles. The molecular formula is C13H13N3O2S. The smallest absolute Gasteiger partial charge is 0.263 e. The number of aliphatic hydroxyl groups is 1. The molecule has 2 rings (SSSR count). The second kappa shape index (κ2) is 6.18. The van der Waals surface area contributed by atoms with Crippen molar-refractivity contribution in [3.8, 4) is 11.8 Å². The third kappa shape index (κ3) is 3.22. The van der Waals surface area contributed by atoms with Crippen molar-refractivity contribution in [2.75, 3.05) is 6.61 Å². The zero-order valence-corrected chi connectivity index (χ0v) is 11.2. The zero-order chi connectivity index (χ0) is 13.7. The van der Waals surface area contributed by atoms with Crippen LogP contribution in [0.2, 0.25) is 0 Å². The Bertz CT molecular complexity index is 634. The maximum atomic E-state index is 12.0. The largest absolute Gasteiger partial charge is 0.384 e. The van der Waals surface area contributed by atoms with E-state index in [0.717, 1.165) is 5.82 Å². The lowest BCUT2D eigenvalue weighted by Gasteiger charge is -2.04. The Morgan fingerprint density at radius 3 is 3.16 bits per heavy atom. The number of imidazole rings is 1. The summed E-state index contributed by atoms with van der Waals surface area (Å²) in [4.78, 5) is 16.7. The number of amides is 1. The maximum Gasteiger partial charge on any atom is 0.263 e. The molecule has 2 heterocycles. The summed E-state index contributed by atoms with van der Waals surface area (Å²) in [6, 6.07) is 1.77. The number of hydrogen-bond acceptors (Lipinski definition) is 4. The van der Waals surface area contributed by atoms with Gasteiger partial charge < -0.3 is 15.0 Å². The third-order valence-electron chi connectivity index (χ3n) is 2.50. The number of carbonyl (C=O) groups excluding carboxylic acids is 1. The molecule has 0 aliphatic rings. The Balaban J connectivity index is 2.04. The third-order valence-corrected chi connectivity index (χ3v) is 3.41. The average molecular weight is 275 g/mol. The Morgan fingerprint density at radius 1 is 1.63 bits per heavy atom. The van der Waals surface area contributed by atoms with Gasteiger partial charge in [0.2, 0.25) is 0 Å². The molecule has 98 valence electrons. The van der Waals surface area contributed by atoms with Crippen LogP contribution in [0.25, 0.3) is 0 Å². The highest BCUT2D eigenvalue weighted by Gasteiger charge is 2.12. The summed E-state index contributed by atoms with van der Waals surface area (Å²) in [5.41, 5.74) is 0.636. The normalized spacial score (nSPS) is 9.79. The minimum atomic E-state index is -0.218. The van der Waals surface area contributed by atoms with E-state index in [-0.39, 0.29) is 12.5 Å². The monoisotopic (exact) mass is 275 g/mol. The summed E-state index contributed by atoms with van der Waals surface area (Å²) in [6.45, 7) is 0.150. The van der Waals surface area contributed by atoms with Gasteiger partial charge in [-0.15, -0.1) is 11.3 Å². The van der Waals surface area contributed by atoms with Gasteiger partial charge in [-0.05, 0) is 11.4 Å². The molecule has 2 N–H and O–H groups in total.